The number of benzene rings is 1. The van der Waals surface area contributed by atoms with Crippen molar-refractivity contribution in [3.05, 3.63) is 53.2 Å². The van der Waals surface area contributed by atoms with E-state index in [1.54, 1.807) is 0 Å². The molecule has 0 aliphatic carbocycles. The SMILES string of the molecule is Cc1ccc2c(c1)CCCN2Cc1ccc(N)nc1. The van der Waals surface area contributed by atoms with Crippen LogP contribution in [0, 0.1) is 6.92 Å². The van der Waals surface area contributed by atoms with Crippen molar-refractivity contribution in [2.45, 2.75) is 26.3 Å². The molecule has 2 aromatic rings. The summed E-state index contributed by atoms with van der Waals surface area (Å²) in [5, 5.41) is 0. The van der Waals surface area contributed by atoms with E-state index in [1.807, 2.05) is 12.3 Å². The highest BCUT2D eigenvalue weighted by atomic mass is 15.1. The van der Waals surface area contributed by atoms with E-state index in [9.17, 15) is 0 Å². The van der Waals surface area contributed by atoms with E-state index >= 15 is 0 Å². The van der Waals surface area contributed by atoms with Crippen LogP contribution in [0.25, 0.3) is 0 Å². The van der Waals surface area contributed by atoms with Gasteiger partial charge in [-0.2, -0.15) is 0 Å². The number of hydrogen-bond donors (Lipinski definition) is 1. The Kier molecular flexibility index (Phi) is 3.11. The predicted octanol–water partition coefficient (Wildman–Crippen LogP) is 2.93. The minimum Gasteiger partial charge on any atom is -0.384 e. The average Bonchev–Trinajstić information content (AvgIpc) is 2.41. The Morgan fingerprint density at radius 3 is 2.95 bits per heavy atom. The van der Waals surface area contributed by atoms with Crippen LogP contribution in [-0.4, -0.2) is 11.5 Å². The molecule has 0 fully saturated rings. The predicted molar refractivity (Wildman–Crippen MR) is 79.2 cm³/mol. The quantitative estimate of drug-likeness (QED) is 0.894. The van der Waals surface area contributed by atoms with Crippen LogP contribution < -0.4 is 10.6 Å². The lowest BCUT2D eigenvalue weighted by atomic mass is 9.99. The molecule has 0 saturated heterocycles. The fourth-order valence-electron chi connectivity index (χ4n) is 2.72. The number of rotatable bonds is 2. The molecule has 2 N–H and O–H groups in total. The number of anilines is 2. The van der Waals surface area contributed by atoms with E-state index in [2.05, 4.69) is 41.1 Å². The molecule has 0 atom stereocenters. The molecule has 98 valence electrons. The van der Waals surface area contributed by atoms with Gasteiger partial charge in [0.2, 0.25) is 0 Å². The van der Waals surface area contributed by atoms with Gasteiger partial charge in [-0.05, 0) is 43.0 Å². The molecule has 3 nitrogen and oxygen atoms in total. The molecule has 1 aliphatic rings. The molecule has 1 aromatic carbocycles. The molecular formula is C16H19N3. The molecular weight excluding hydrogens is 234 g/mol. The fourth-order valence-corrected chi connectivity index (χ4v) is 2.72. The van der Waals surface area contributed by atoms with Crippen molar-refractivity contribution in [3.63, 3.8) is 0 Å². The average molecular weight is 253 g/mol. The van der Waals surface area contributed by atoms with Crippen molar-refractivity contribution in [2.75, 3.05) is 17.2 Å². The lowest BCUT2D eigenvalue weighted by Gasteiger charge is -2.31. The molecule has 0 unspecified atom stereocenters. The summed E-state index contributed by atoms with van der Waals surface area (Å²) in [6.07, 6.45) is 4.28. The Labute approximate surface area is 114 Å². The minimum atomic E-state index is 0.582. The third-order valence-corrected chi connectivity index (χ3v) is 3.67. The number of nitrogen functional groups attached to an aromatic ring is 1. The summed E-state index contributed by atoms with van der Waals surface area (Å²) in [6.45, 7) is 4.17. The third-order valence-electron chi connectivity index (χ3n) is 3.67. The van der Waals surface area contributed by atoms with Crippen molar-refractivity contribution in [1.82, 2.24) is 4.98 Å². The molecule has 2 heterocycles. The van der Waals surface area contributed by atoms with E-state index in [0.717, 1.165) is 13.1 Å². The zero-order valence-electron chi connectivity index (χ0n) is 11.3. The van der Waals surface area contributed by atoms with Crippen LogP contribution in [0.15, 0.2) is 36.5 Å². The number of nitrogens with zero attached hydrogens (tertiary/aromatic N) is 2. The maximum atomic E-state index is 5.63. The van der Waals surface area contributed by atoms with Crippen molar-refractivity contribution in [1.29, 1.82) is 0 Å². The third kappa shape index (κ3) is 2.55. The van der Waals surface area contributed by atoms with Gasteiger partial charge in [-0.3, -0.25) is 0 Å². The summed E-state index contributed by atoms with van der Waals surface area (Å²) in [7, 11) is 0. The zero-order valence-corrected chi connectivity index (χ0v) is 11.3. The Morgan fingerprint density at radius 1 is 1.26 bits per heavy atom. The highest BCUT2D eigenvalue weighted by Crippen LogP contribution is 2.29. The van der Waals surface area contributed by atoms with Crippen LogP contribution in [-0.2, 0) is 13.0 Å². The van der Waals surface area contributed by atoms with Gasteiger partial charge in [0.05, 0.1) is 0 Å². The number of aromatic nitrogens is 1. The van der Waals surface area contributed by atoms with Gasteiger partial charge in [-0.25, -0.2) is 4.98 Å². The Morgan fingerprint density at radius 2 is 2.16 bits per heavy atom. The molecule has 0 bridgehead atoms. The minimum absolute atomic E-state index is 0.582. The van der Waals surface area contributed by atoms with Crippen molar-refractivity contribution < 1.29 is 0 Å². The van der Waals surface area contributed by atoms with Crippen LogP contribution >= 0.6 is 0 Å². The van der Waals surface area contributed by atoms with Crippen LogP contribution in [0.5, 0.6) is 0 Å². The molecule has 0 spiro atoms. The van der Waals surface area contributed by atoms with Crippen LogP contribution in [0.1, 0.15) is 23.1 Å². The normalized spacial score (nSPS) is 14.3. The smallest absolute Gasteiger partial charge is 0.123 e. The van der Waals surface area contributed by atoms with Gasteiger partial charge in [-0.15, -0.1) is 0 Å². The van der Waals surface area contributed by atoms with E-state index in [0.29, 0.717) is 5.82 Å². The summed E-state index contributed by atoms with van der Waals surface area (Å²) >= 11 is 0. The second kappa shape index (κ2) is 4.92. The van der Waals surface area contributed by atoms with Crippen LogP contribution in [0.4, 0.5) is 11.5 Å². The zero-order chi connectivity index (χ0) is 13.2. The lowest BCUT2D eigenvalue weighted by molar-refractivity contribution is 0.690. The monoisotopic (exact) mass is 253 g/mol. The summed E-state index contributed by atoms with van der Waals surface area (Å²) in [5.74, 6) is 0.582. The van der Waals surface area contributed by atoms with Gasteiger partial charge in [-0.1, -0.05) is 23.8 Å². The van der Waals surface area contributed by atoms with Gasteiger partial charge in [0, 0.05) is 25.0 Å². The summed E-state index contributed by atoms with van der Waals surface area (Å²) in [5.41, 5.74) is 11.0. The van der Waals surface area contributed by atoms with Crippen molar-refractivity contribution in [2.24, 2.45) is 0 Å². The molecule has 1 aliphatic heterocycles. The molecule has 0 saturated carbocycles. The van der Waals surface area contributed by atoms with Gasteiger partial charge >= 0.3 is 0 Å². The van der Waals surface area contributed by atoms with Crippen molar-refractivity contribution >= 4 is 11.5 Å². The first-order chi connectivity index (χ1) is 9.22. The summed E-state index contributed by atoms with van der Waals surface area (Å²) in [4.78, 5) is 6.60. The summed E-state index contributed by atoms with van der Waals surface area (Å²) < 4.78 is 0. The van der Waals surface area contributed by atoms with E-state index < -0.39 is 0 Å². The first-order valence-electron chi connectivity index (χ1n) is 6.77. The number of fused-ring (bicyclic) bond motifs is 1. The number of nitrogens with two attached hydrogens (primary N) is 1. The van der Waals surface area contributed by atoms with E-state index in [-0.39, 0.29) is 0 Å². The first kappa shape index (κ1) is 12.0. The molecule has 0 amide bonds. The molecule has 3 heteroatoms. The number of pyridine rings is 1. The lowest BCUT2D eigenvalue weighted by Crippen LogP contribution is -2.28. The molecule has 1 aromatic heterocycles. The maximum absolute atomic E-state index is 5.63. The van der Waals surface area contributed by atoms with Crippen LogP contribution in [0.2, 0.25) is 0 Å². The Bertz CT molecular complexity index is 575. The van der Waals surface area contributed by atoms with E-state index in [1.165, 1.54) is 35.2 Å². The number of aryl methyl sites for hydroxylation is 2. The second-order valence-electron chi connectivity index (χ2n) is 5.25. The second-order valence-corrected chi connectivity index (χ2v) is 5.25. The standard InChI is InChI=1S/C16H19N3/c1-12-4-6-15-14(9-12)3-2-8-19(15)11-13-5-7-16(17)18-10-13/h4-7,9-10H,2-3,8,11H2,1H3,(H2,17,18). The van der Waals surface area contributed by atoms with Gasteiger partial charge in [0.15, 0.2) is 0 Å². The van der Waals surface area contributed by atoms with Gasteiger partial charge in [0.25, 0.3) is 0 Å². The van der Waals surface area contributed by atoms with Crippen molar-refractivity contribution in [3.8, 4) is 0 Å². The Hall–Kier alpha value is -2.03. The highest BCUT2D eigenvalue weighted by molar-refractivity contribution is 5.57. The topological polar surface area (TPSA) is 42.1 Å². The first-order valence-corrected chi connectivity index (χ1v) is 6.77. The van der Waals surface area contributed by atoms with Gasteiger partial charge in [0.1, 0.15) is 5.82 Å². The maximum Gasteiger partial charge on any atom is 0.123 e. The molecule has 3 rings (SSSR count). The number of hydrogen-bond acceptors (Lipinski definition) is 3. The Balaban J connectivity index is 1.85. The summed E-state index contributed by atoms with van der Waals surface area (Å²) in [6, 6.07) is 10.7. The largest absolute Gasteiger partial charge is 0.384 e. The fraction of sp³-hybridized carbons (Fsp3) is 0.312. The van der Waals surface area contributed by atoms with Gasteiger partial charge < -0.3 is 10.6 Å². The molecule has 19 heavy (non-hydrogen) atoms. The molecule has 0 radical (unpaired) electrons. The van der Waals surface area contributed by atoms with E-state index in [4.69, 9.17) is 5.73 Å². The highest BCUT2D eigenvalue weighted by Gasteiger charge is 2.16. The van der Waals surface area contributed by atoms with Crippen LogP contribution in [0.3, 0.4) is 0 Å².